The van der Waals surface area contributed by atoms with Crippen LogP contribution in [0.3, 0.4) is 0 Å². The van der Waals surface area contributed by atoms with Crippen LogP contribution in [0.2, 0.25) is 0 Å². The van der Waals surface area contributed by atoms with E-state index >= 15 is 0 Å². The molecule has 1 fully saturated rings. The van der Waals surface area contributed by atoms with E-state index in [-0.39, 0.29) is 5.54 Å². The molecule has 16 heavy (non-hydrogen) atoms. The van der Waals surface area contributed by atoms with Crippen molar-refractivity contribution >= 4 is 21.8 Å². The van der Waals surface area contributed by atoms with Crippen LogP contribution in [0, 0.1) is 5.92 Å². The van der Waals surface area contributed by atoms with Gasteiger partial charge >= 0.3 is 0 Å². The number of hydrogen-bond donors (Lipinski definition) is 0. The molecule has 0 aromatic rings. The van der Waals surface area contributed by atoms with Crippen molar-refractivity contribution < 1.29 is 4.79 Å². The molecule has 0 aromatic carbocycles. The molecular weight excluding hydrogens is 266 g/mol. The minimum absolute atomic E-state index is 0.0776. The summed E-state index contributed by atoms with van der Waals surface area (Å²) in [5, 5.41) is 0.826. The first-order chi connectivity index (χ1) is 7.47. The van der Waals surface area contributed by atoms with E-state index in [2.05, 4.69) is 29.8 Å². The van der Waals surface area contributed by atoms with E-state index in [1.807, 2.05) is 11.9 Å². The van der Waals surface area contributed by atoms with Gasteiger partial charge in [0.05, 0.1) is 0 Å². The van der Waals surface area contributed by atoms with Crippen molar-refractivity contribution in [1.29, 1.82) is 0 Å². The van der Waals surface area contributed by atoms with Gasteiger partial charge in [-0.2, -0.15) is 0 Å². The Kier molecular flexibility index (Phi) is 5.29. The van der Waals surface area contributed by atoms with Crippen LogP contribution in [0.25, 0.3) is 0 Å². The SMILES string of the molecule is CN(C(=O)CC1CCCCC1)C(C)(C)CBr. The highest BCUT2D eigenvalue weighted by atomic mass is 79.9. The third-order valence-electron chi connectivity index (χ3n) is 3.80. The number of hydrogen-bond acceptors (Lipinski definition) is 1. The summed E-state index contributed by atoms with van der Waals surface area (Å²) in [6, 6.07) is 0. The van der Waals surface area contributed by atoms with E-state index in [1.165, 1.54) is 32.1 Å². The van der Waals surface area contributed by atoms with Gasteiger partial charge in [0.15, 0.2) is 0 Å². The summed E-state index contributed by atoms with van der Waals surface area (Å²) in [7, 11) is 1.92. The molecular formula is C13H24BrNO. The van der Waals surface area contributed by atoms with E-state index in [0.717, 1.165) is 11.8 Å². The van der Waals surface area contributed by atoms with E-state index in [1.54, 1.807) is 0 Å². The first kappa shape index (κ1) is 14.0. The average Bonchev–Trinajstić information content (AvgIpc) is 2.29. The van der Waals surface area contributed by atoms with Crippen LogP contribution in [-0.2, 0) is 4.79 Å². The maximum Gasteiger partial charge on any atom is 0.223 e. The predicted octanol–water partition coefficient (Wildman–Crippen LogP) is 3.59. The van der Waals surface area contributed by atoms with Crippen LogP contribution < -0.4 is 0 Å². The number of alkyl halides is 1. The highest BCUT2D eigenvalue weighted by Gasteiger charge is 2.28. The molecule has 1 amide bonds. The van der Waals surface area contributed by atoms with Crippen molar-refractivity contribution in [3.63, 3.8) is 0 Å². The smallest absolute Gasteiger partial charge is 0.223 e. The van der Waals surface area contributed by atoms with Gasteiger partial charge in [-0.15, -0.1) is 0 Å². The van der Waals surface area contributed by atoms with Gasteiger partial charge in [0.1, 0.15) is 0 Å². The minimum Gasteiger partial charge on any atom is -0.340 e. The van der Waals surface area contributed by atoms with Gasteiger partial charge in [-0.3, -0.25) is 4.79 Å². The molecule has 0 atom stereocenters. The van der Waals surface area contributed by atoms with Crippen LogP contribution in [0.4, 0.5) is 0 Å². The highest BCUT2D eigenvalue weighted by Crippen LogP contribution is 2.28. The Morgan fingerprint density at radius 3 is 2.38 bits per heavy atom. The van der Waals surface area contributed by atoms with Crippen molar-refractivity contribution in [3.8, 4) is 0 Å². The number of carbonyl (C=O) groups is 1. The average molecular weight is 290 g/mol. The zero-order chi connectivity index (χ0) is 12.2. The van der Waals surface area contributed by atoms with Crippen LogP contribution >= 0.6 is 15.9 Å². The third-order valence-corrected chi connectivity index (χ3v) is 5.17. The molecule has 1 aliphatic carbocycles. The fourth-order valence-corrected chi connectivity index (χ4v) is 2.58. The molecule has 1 saturated carbocycles. The van der Waals surface area contributed by atoms with Crippen molar-refractivity contribution in [2.45, 2.75) is 57.9 Å². The predicted molar refractivity (Wildman–Crippen MR) is 71.8 cm³/mol. The second kappa shape index (κ2) is 6.04. The van der Waals surface area contributed by atoms with Gasteiger partial charge < -0.3 is 4.90 Å². The summed E-state index contributed by atoms with van der Waals surface area (Å²) in [5.41, 5.74) is -0.0776. The molecule has 0 spiro atoms. The van der Waals surface area contributed by atoms with Crippen molar-refractivity contribution in [3.05, 3.63) is 0 Å². The summed E-state index contributed by atoms with van der Waals surface area (Å²) in [4.78, 5) is 14.0. The summed E-state index contributed by atoms with van der Waals surface area (Å²) < 4.78 is 0. The minimum atomic E-state index is -0.0776. The lowest BCUT2D eigenvalue weighted by atomic mass is 9.86. The Morgan fingerprint density at radius 2 is 1.88 bits per heavy atom. The topological polar surface area (TPSA) is 20.3 Å². The number of carbonyl (C=O) groups excluding carboxylic acids is 1. The molecule has 0 saturated heterocycles. The quantitative estimate of drug-likeness (QED) is 0.725. The largest absolute Gasteiger partial charge is 0.340 e. The van der Waals surface area contributed by atoms with Crippen molar-refractivity contribution in [1.82, 2.24) is 4.90 Å². The Bertz CT molecular complexity index is 234. The van der Waals surface area contributed by atoms with Crippen LogP contribution in [0.5, 0.6) is 0 Å². The molecule has 2 nitrogen and oxygen atoms in total. The normalized spacial score (nSPS) is 18.5. The second-order valence-electron chi connectivity index (χ2n) is 5.61. The number of rotatable bonds is 4. The fraction of sp³-hybridized carbons (Fsp3) is 0.923. The third kappa shape index (κ3) is 3.76. The number of amides is 1. The summed E-state index contributed by atoms with van der Waals surface area (Å²) >= 11 is 3.47. The van der Waals surface area contributed by atoms with E-state index in [9.17, 15) is 4.79 Å². The van der Waals surface area contributed by atoms with Gasteiger partial charge in [0.25, 0.3) is 0 Å². The van der Waals surface area contributed by atoms with Gasteiger partial charge in [-0.05, 0) is 32.6 Å². The van der Waals surface area contributed by atoms with E-state index in [0.29, 0.717) is 11.8 Å². The van der Waals surface area contributed by atoms with E-state index < -0.39 is 0 Å². The van der Waals surface area contributed by atoms with E-state index in [4.69, 9.17) is 0 Å². The molecule has 0 aliphatic heterocycles. The van der Waals surface area contributed by atoms with Gasteiger partial charge in [-0.1, -0.05) is 35.2 Å². The molecule has 3 heteroatoms. The van der Waals surface area contributed by atoms with Gasteiger partial charge in [-0.25, -0.2) is 0 Å². The lowest BCUT2D eigenvalue weighted by molar-refractivity contribution is -0.135. The lowest BCUT2D eigenvalue weighted by Gasteiger charge is -2.35. The van der Waals surface area contributed by atoms with Crippen LogP contribution in [-0.4, -0.2) is 28.7 Å². The monoisotopic (exact) mass is 289 g/mol. The van der Waals surface area contributed by atoms with Crippen molar-refractivity contribution in [2.24, 2.45) is 5.92 Å². The van der Waals surface area contributed by atoms with Gasteiger partial charge in [0, 0.05) is 24.3 Å². The summed E-state index contributed by atoms with van der Waals surface area (Å²) in [6.07, 6.45) is 7.20. The zero-order valence-electron chi connectivity index (χ0n) is 10.8. The molecule has 0 aromatic heterocycles. The fourth-order valence-electron chi connectivity index (χ4n) is 2.20. The number of nitrogens with zero attached hydrogens (tertiary/aromatic N) is 1. The second-order valence-corrected chi connectivity index (χ2v) is 6.17. The first-order valence-electron chi connectivity index (χ1n) is 6.30. The Labute approximate surface area is 108 Å². The maximum atomic E-state index is 12.1. The Balaban J connectivity index is 2.44. The number of halogens is 1. The Morgan fingerprint density at radius 1 is 1.31 bits per heavy atom. The summed E-state index contributed by atoms with van der Waals surface area (Å²) in [5.74, 6) is 0.936. The molecule has 0 unspecified atom stereocenters. The molecule has 0 heterocycles. The highest BCUT2D eigenvalue weighted by molar-refractivity contribution is 9.09. The Hall–Kier alpha value is -0.0500. The first-order valence-corrected chi connectivity index (χ1v) is 7.42. The van der Waals surface area contributed by atoms with Crippen LogP contribution in [0.15, 0.2) is 0 Å². The lowest BCUT2D eigenvalue weighted by Crippen LogP contribution is -2.46. The van der Waals surface area contributed by atoms with Gasteiger partial charge in [0.2, 0.25) is 5.91 Å². The molecule has 1 rings (SSSR count). The zero-order valence-corrected chi connectivity index (χ0v) is 12.3. The summed E-state index contributed by atoms with van der Waals surface area (Å²) in [6.45, 7) is 4.20. The molecule has 1 aliphatic rings. The maximum absolute atomic E-state index is 12.1. The van der Waals surface area contributed by atoms with Crippen LogP contribution in [0.1, 0.15) is 52.4 Å². The molecule has 0 bridgehead atoms. The van der Waals surface area contributed by atoms with Crippen molar-refractivity contribution in [2.75, 3.05) is 12.4 Å². The molecule has 94 valence electrons. The standard InChI is InChI=1S/C13H24BrNO/c1-13(2,10-14)15(3)12(16)9-11-7-5-4-6-8-11/h11H,4-10H2,1-3H3. The molecule has 0 radical (unpaired) electrons. The molecule has 0 N–H and O–H groups in total.